The van der Waals surface area contributed by atoms with Crippen LogP contribution in [0.15, 0.2) is 54.6 Å². The minimum Gasteiger partial charge on any atom is -0.479 e. The Balaban J connectivity index is 1.76. The molecule has 6 heteroatoms. The summed E-state index contributed by atoms with van der Waals surface area (Å²) in [6, 6.07) is 15.9. The number of carbonyl (C=O) groups is 2. The second-order valence-corrected chi connectivity index (χ2v) is 5.21. The molecule has 0 radical (unpaired) electrons. The van der Waals surface area contributed by atoms with Crippen molar-refractivity contribution in [3.05, 3.63) is 60.2 Å². The third-order valence-electron chi connectivity index (χ3n) is 3.23. The molecule has 0 amide bonds. The molecule has 6 nitrogen and oxygen atoms in total. The first-order valence-electron chi connectivity index (χ1n) is 7.75. The molecule has 132 valence electrons. The van der Waals surface area contributed by atoms with Gasteiger partial charge in [0.1, 0.15) is 18.1 Å². The number of hydrogen-bond acceptors (Lipinski definition) is 6. The van der Waals surface area contributed by atoms with Crippen LogP contribution in [0.2, 0.25) is 0 Å². The van der Waals surface area contributed by atoms with Crippen LogP contribution >= 0.6 is 0 Å². The van der Waals surface area contributed by atoms with Crippen molar-refractivity contribution in [2.24, 2.45) is 0 Å². The first-order chi connectivity index (χ1) is 12.1. The maximum Gasteiger partial charge on any atom is 0.346 e. The summed E-state index contributed by atoms with van der Waals surface area (Å²) in [6.45, 7) is 1.78. The van der Waals surface area contributed by atoms with E-state index in [1.807, 2.05) is 30.3 Å². The second kappa shape index (κ2) is 9.44. The van der Waals surface area contributed by atoms with Crippen molar-refractivity contribution < 1.29 is 28.5 Å². The quantitative estimate of drug-likeness (QED) is 0.542. The topological polar surface area (TPSA) is 71.1 Å². The normalized spacial score (nSPS) is 11.4. The number of carbonyl (C=O) groups excluding carboxylic acids is 2. The molecular formula is C19H20O6. The first-order valence-corrected chi connectivity index (χ1v) is 7.75. The number of esters is 2. The Hall–Kier alpha value is -2.86. The van der Waals surface area contributed by atoms with E-state index in [1.165, 1.54) is 7.11 Å². The largest absolute Gasteiger partial charge is 0.479 e. The molecule has 0 heterocycles. The van der Waals surface area contributed by atoms with E-state index < -0.39 is 18.0 Å². The number of rotatable bonds is 8. The molecular weight excluding hydrogens is 324 g/mol. The average molecular weight is 344 g/mol. The third kappa shape index (κ3) is 6.27. The summed E-state index contributed by atoms with van der Waals surface area (Å²) < 4.78 is 20.5. The van der Waals surface area contributed by atoms with Gasteiger partial charge in [0.05, 0.1) is 13.7 Å². The Morgan fingerprint density at radius 1 is 0.960 bits per heavy atom. The van der Waals surface area contributed by atoms with Gasteiger partial charge in [0, 0.05) is 0 Å². The van der Waals surface area contributed by atoms with E-state index >= 15 is 0 Å². The van der Waals surface area contributed by atoms with Crippen molar-refractivity contribution in [3.8, 4) is 11.5 Å². The molecule has 0 aliphatic heterocycles. The van der Waals surface area contributed by atoms with Gasteiger partial charge in [0.15, 0.2) is 6.10 Å². The number of hydrogen-bond donors (Lipinski definition) is 0. The first kappa shape index (κ1) is 18.5. The number of methoxy groups -OCH3 is 1. The van der Waals surface area contributed by atoms with Crippen LogP contribution < -0.4 is 9.47 Å². The minimum absolute atomic E-state index is 0.146. The molecule has 0 aromatic heterocycles. The van der Waals surface area contributed by atoms with Gasteiger partial charge in [-0.1, -0.05) is 30.3 Å². The van der Waals surface area contributed by atoms with Gasteiger partial charge in [-0.05, 0) is 36.8 Å². The zero-order valence-corrected chi connectivity index (χ0v) is 14.1. The van der Waals surface area contributed by atoms with Gasteiger partial charge >= 0.3 is 11.9 Å². The molecule has 2 aromatic rings. The molecule has 0 aliphatic rings. The van der Waals surface area contributed by atoms with Gasteiger partial charge in [0.2, 0.25) is 0 Å². The van der Waals surface area contributed by atoms with E-state index in [1.54, 1.807) is 31.2 Å². The maximum absolute atomic E-state index is 11.8. The smallest absolute Gasteiger partial charge is 0.346 e. The predicted molar refractivity (Wildman–Crippen MR) is 90.3 cm³/mol. The van der Waals surface area contributed by atoms with Crippen molar-refractivity contribution in [1.29, 1.82) is 0 Å². The molecule has 2 rings (SSSR count). The lowest BCUT2D eigenvalue weighted by Crippen LogP contribution is -2.24. The van der Waals surface area contributed by atoms with E-state index in [4.69, 9.17) is 14.2 Å². The van der Waals surface area contributed by atoms with Crippen LogP contribution in [0.5, 0.6) is 11.5 Å². The van der Waals surface area contributed by atoms with Crippen molar-refractivity contribution in [3.63, 3.8) is 0 Å². The van der Waals surface area contributed by atoms with Gasteiger partial charge in [-0.25, -0.2) is 9.59 Å². The summed E-state index contributed by atoms with van der Waals surface area (Å²) >= 11 is 0. The molecule has 1 atom stereocenters. The Morgan fingerprint density at radius 3 is 2.24 bits per heavy atom. The highest BCUT2D eigenvalue weighted by Crippen LogP contribution is 2.19. The number of ether oxygens (including phenoxy) is 4. The molecule has 25 heavy (non-hydrogen) atoms. The van der Waals surface area contributed by atoms with E-state index in [2.05, 4.69) is 4.74 Å². The molecule has 0 saturated heterocycles. The summed E-state index contributed by atoms with van der Waals surface area (Å²) in [7, 11) is 1.30. The van der Waals surface area contributed by atoms with Crippen molar-refractivity contribution in [2.75, 3.05) is 13.7 Å². The highest BCUT2D eigenvalue weighted by atomic mass is 16.6. The third-order valence-corrected chi connectivity index (χ3v) is 3.23. The zero-order valence-electron chi connectivity index (χ0n) is 14.1. The molecule has 0 aliphatic carbocycles. The fourth-order valence-electron chi connectivity index (χ4n) is 1.99. The summed E-state index contributed by atoms with van der Waals surface area (Å²) in [5.74, 6) is -0.122. The van der Waals surface area contributed by atoms with Crippen molar-refractivity contribution >= 4 is 11.9 Å². The molecule has 1 unspecified atom stereocenters. The van der Waals surface area contributed by atoms with E-state index in [-0.39, 0.29) is 6.61 Å². The lowest BCUT2D eigenvalue weighted by molar-refractivity contribution is -0.147. The molecule has 0 bridgehead atoms. The summed E-state index contributed by atoms with van der Waals surface area (Å²) in [4.78, 5) is 23.1. The van der Waals surface area contributed by atoms with Crippen LogP contribution in [0, 0.1) is 0 Å². The fraction of sp³-hybridized carbons (Fsp3) is 0.263. The Labute approximate surface area is 146 Å². The standard InChI is InChI=1S/C19H20O6/c1-14(19(21)22-2)24-16-8-10-17(11-9-16)25-18(20)13-23-12-15-6-4-3-5-7-15/h3-11,14H,12-13H2,1-2H3. The zero-order chi connectivity index (χ0) is 18.1. The fourth-order valence-corrected chi connectivity index (χ4v) is 1.99. The highest BCUT2D eigenvalue weighted by Gasteiger charge is 2.14. The van der Waals surface area contributed by atoms with Gasteiger partial charge in [-0.2, -0.15) is 0 Å². The van der Waals surface area contributed by atoms with Crippen molar-refractivity contribution in [2.45, 2.75) is 19.6 Å². The SMILES string of the molecule is COC(=O)C(C)Oc1ccc(OC(=O)COCc2ccccc2)cc1. The van der Waals surface area contributed by atoms with Crippen LogP contribution in [0.4, 0.5) is 0 Å². The molecule has 2 aromatic carbocycles. The summed E-state index contributed by atoms with van der Waals surface area (Å²) in [5.41, 5.74) is 0.983. The van der Waals surface area contributed by atoms with Gasteiger partial charge in [0.25, 0.3) is 0 Å². The Bertz CT molecular complexity index is 681. The molecule has 0 N–H and O–H groups in total. The van der Waals surface area contributed by atoms with Crippen LogP contribution in [0.1, 0.15) is 12.5 Å². The van der Waals surface area contributed by atoms with Crippen LogP contribution in [-0.4, -0.2) is 31.8 Å². The van der Waals surface area contributed by atoms with Gasteiger partial charge < -0.3 is 18.9 Å². The minimum atomic E-state index is -0.718. The van der Waals surface area contributed by atoms with E-state index in [0.717, 1.165) is 5.56 Å². The summed E-state index contributed by atoms with van der Waals surface area (Å²) in [6.07, 6.45) is -0.718. The Kier molecular flexibility index (Phi) is 6.98. The second-order valence-electron chi connectivity index (χ2n) is 5.21. The summed E-state index contributed by atoms with van der Waals surface area (Å²) in [5, 5.41) is 0. The number of benzene rings is 2. The van der Waals surface area contributed by atoms with Gasteiger partial charge in [-0.3, -0.25) is 0 Å². The monoisotopic (exact) mass is 344 g/mol. The predicted octanol–water partition coefficient (Wildman–Crippen LogP) is 2.75. The lowest BCUT2D eigenvalue weighted by Gasteiger charge is -2.12. The van der Waals surface area contributed by atoms with Crippen LogP contribution in [0.3, 0.4) is 0 Å². The lowest BCUT2D eigenvalue weighted by atomic mass is 10.2. The Morgan fingerprint density at radius 2 is 1.60 bits per heavy atom. The van der Waals surface area contributed by atoms with E-state index in [0.29, 0.717) is 18.1 Å². The van der Waals surface area contributed by atoms with E-state index in [9.17, 15) is 9.59 Å². The van der Waals surface area contributed by atoms with Gasteiger partial charge in [-0.15, -0.1) is 0 Å². The highest BCUT2D eigenvalue weighted by molar-refractivity contribution is 5.74. The average Bonchev–Trinajstić information content (AvgIpc) is 2.63. The molecule has 0 fully saturated rings. The molecule has 0 spiro atoms. The van der Waals surface area contributed by atoms with Crippen LogP contribution in [-0.2, 0) is 25.7 Å². The van der Waals surface area contributed by atoms with Crippen LogP contribution in [0.25, 0.3) is 0 Å². The molecule has 0 saturated carbocycles. The maximum atomic E-state index is 11.8. The van der Waals surface area contributed by atoms with Crippen molar-refractivity contribution in [1.82, 2.24) is 0 Å².